The van der Waals surface area contributed by atoms with E-state index < -0.39 is 5.91 Å². The maximum atomic E-state index is 12.5. The Morgan fingerprint density at radius 3 is 2.26 bits per heavy atom. The van der Waals surface area contributed by atoms with E-state index in [1.807, 2.05) is 56.3 Å². The molecule has 0 aromatic heterocycles. The predicted octanol–water partition coefficient (Wildman–Crippen LogP) is 6.39. The van der Waals surface area contributed by atoms with Crippen LogP contribution in [0.4, 0.5) is 11.4 Å². The first-order valence-corrected chi connectivity index (χ1v) is 11.8. The lowest BCUT2D eigenvalue weighted by Gasteiger charge is -2.12. The van der Waals surface area contributed by atoms with Gasteiger partial charge in [-0.1, -0.05) is 35.9 Å². The highest BCUT2D eigenvalue weighted by Gasteiger charge is 2.14. The van der Waals surface area contributed by atoms with Gasteiger partial charge in [-0.15, -0.1) is 0 Å². The van der Waals surface area contributed by atoms with Gasteiger partial charge in [-0.2, -0.15) is 5.26 Å². The summed E-state index contributed by atoms with van der Waals surface area (Å²) in [6.07, 6.45) is 1.48. The topological polar surface area (TPSA) is 91.2 Å². The van der Waals surface area contributed by atoms with Gasteiger partial charge in [-0.3, -0.25) is 9.59 Å². The third-order valence-electron chi connectivity index (χ3n) is 4.77. The molecule has 3 aromatic carbocycles. The van der Waals surface area contributed by atoms with Gasteiger partial charge in [-0.05, 0) is 93.2 Å². The zero-order valence-electron chi connectivity index (χ0n) is 18.5. The number of hydrogen-bond acceptors (Lipinski definition) is 4. The fourth-order valence-corrected chi connectivity index (χ4v) is 4.44. The number of rotatable bonds is 7. The van der Waals surface area contributed by atoms with Crippen molar-refractivity contribution in [3.8, 4) is 11.8 Å². The van der Waals surface area contributed by atoms with Crippen molar-refractivity contribution in [3.05, 3.63) is 91.9 Å². The van der Waals surface area contributed by atoms with E-state index in [0.29, 0.717) is 25.9 Å². The van der Waals surface area contributed by atoms with Gasteiger partial charge in [0, 0.05) is 11.4 Å². The molecule has 0 bridgehead atoms. The van der Waals surface area contributed by atoms with E-state index in [1.54, 1.807) is 24.3 Å². The molecule has 0 radical (unpaired) electrons. The van der Waals surface area contributed by atoms with E-state index in [2.05, 4.69) is 42.5 Å². The molecule has 2 amide bonds. The first-order chi connectivity index (χ1) is 16.3. The minimum atomic E-state index is -0.508. The van der Waals surface area contributed by atoms with E-state index in [9.17, 15) is 14.9 Å². The van der Waals surface area contributed by atoms with Crippen LogP contribution >= 0.6 is 31.9 Å². The van der Waals surface area contributed by atoms with Gasteiger partial charge in [0.25, 0.3) is 11.8 Å². The van der Waals surface area contributed by atoms with Gasteiger partial charge < -0.3 is 15.4 Å². The van der Waals surface area contributed by atoms with Gasteiger partial charge in [0.2, 0.25) is 0 Å². The number of amides is 2. The molecular weight excluding hydrogens is 562 g/mol. The number of hydrogen-bond donors (Lipinski definition) is 2. The summed E-state index contributed by atoms with van der Waals surface area (Å²) in [6, 6.07) is 20.1. The van der Waals surface area contributed by atoms with Gasteiger partial charge in [-0.25, -0.2) is 0 Å². The zero-order chi connectivity index (χ0) is 24.7. The Bertz CT molecular complexity index is 1270. The van der Waals surface area contributed by atoms with E-state index >= 15 is 0 Å². The fraction of sp³-hybridized carbons (Fsp3) is 0.115. The van der Waals surface area contributed by atoms with Crippen molar-refractivity contribution in [1.82, 2.24) is 0 Å². The van der Waals surface area contributed by atoms with Crippen LogP contribution in [-0.4, -0.2) is 18.4 Å². The number of nitrogens with one attached hydrogen (secondary N) is 2. The number of halogens is 2. The third kappa shape index (κ3) is 6.80. The summed E-state index contributed by atoms with van der Waals surface area (Å²) in [5, 5.41) is 15.0. The Labute approximate surface area is 214 Å². The third-order valence-corrected chi connectivity index (χ3v) is 5.95. The molecule has 0 aliphatic heterocycles. The van der Waals surface area contributed by atoms with E-state index in [1.165, 1.54) is 6.08 Å². The lowest BCUT2D eigenvalue weighted by Crippen LogP contribution is -2.20. The van der Waals surface area contributed by atoms with E-state index in [-0.39, 0.29) is 18.1 Å². The Morgan fingerprint density at radius 1 is 1.00 bits per heavy atom. The summed E-state index contributed by atoms with van der Waals surface area (Å²) < 4.78 is 6.82. The lowest BCUT2D eigenvalue weighted by atomic mass is 10.1. The van der Waals surface area contributed by atoms with Gasteiger partial charge in [0.15, 0.2) is 6.61 Å². The molecule has 0 heterocycles. The standard InChI is InChI=1S/C26H21Br2N3O3/c1-16-7-9-20(10-8-16)30-26(33)19(14-29)11-18-12-21(27)25(22(28)13-18)34-15-24(32)31-23-6-4-3-5-17(23)2/h3-13H,15H2,1-2H3,(H,30,33)(H,31,32)/b19-11-. The van der Waals surface area contributed by atoms with E-state index in [0.717, 1.165) is 16.8 Å². The number of para-hydroxylation sites is 1. The Kier molecular flexibility index (Phi) is 8.63. The van der Waals surface area contributed by atoms with Crippen LogP contribution in [0.3, 0.4) is 0 Å². The maximum absolute atomic E-state index is 12.5. The van der Waals surface area contributed by atoms with Crippen LogP contribution in [0.25, 0.3) is 6.08 Å². The lowest BCUT2D eigenvalue weighted by molar-refractivity contribution is -0.118. The molecule has 34 heavy (non-hydrogen) atoms. The van der Waals surface area contributed by atoms with Crippen molar-refractivity contribution in [3.63, 3.8) is 0 Å². The monoisotopic (exact) mass is 581 g/mol. The number of benzene rings is 3. The second-order valence-corrected chi connectivity index (χ2v) is 9.16. The van der Waals surface area contributed by atoms with Crippen LogP contribution in [-0.2, 0) is 9.59 Å². The smallest absolute Gasteiger partial charge is 0.266 e. The highest BCUT2D eigenvalue weighted by atomic mass is 79.9. The molecule has 2 N–H and O–H groups in total. The quantitative estimate of drug-likeness (QED) is 0.249. The van der Waals surface area contributed by atoms with E-state index in [4.69, 9.17) is 4.74 Å². The van der Waals surface area contributed by atoms with Crippen molar-refractivity contribution >= 4 is 61.1 Å². The molecular formula is C26H21Br2N3O3. The van der Waals surface area contributed by atoms with Crippen molar-refractivity contribution < 1.29 is 14.3 Å². The SMILES string of the molecule is Cc1ccc(NC(=O)/C(C#N)=C\c2cc(Br)c(OCC(=O)Nc3ccccc3C)c(Br)c2)cc1. The largest absolute Gasteiger partial charge is 0.481 e. The molecule has 6 nitrogen and oxygen atoms in total. The fourth-order valence-electron chi connectivity index (χ4n) is 2.99. The van der Waals surface area contributed by atoms with Crippen LogP contribution in [0.1, 0.15) is 16.7 Å². The second kappa shape index (κ2) is 11.6. The van der Waals surface area contributed by atoms with Crippen LogP contribution in [0, 0.1) is 25.2 Å². The summed E-state index contributed by atoms with van der Waals surface area (Å²) in [5.74, 6) is -0.372. The molecule has 8 heteroatoms. The first kappa shape index (κ1) is 25.2. The number of anilines is 2. The van der Waals surface area contributed by atoms with Crippen LogP contribution in [0.15, 0.2) is 75.2 Å². The molecule has 0 saturated carbocycles. The molecule has 0 unspecified atom stereocenters. The molecule has 0 atom stereocenters. The highest BCUT2D eigenvalue weighted by Crippen LogP contribution is 2.35. The average molecular weight is 583 g/mol. The molecule has 0 aliphatic rings. The number of ether oxygens (including phenoxy) is 1. The molecule has 0 spiro atoms. The average Bonchev–Trinajstić information content (AvgIpc) is 2.80. The number of nitriles is 1. The Hall–Kier alpha value is -3.41. The van der Waals surface area contributed by atoms with Crippen molar-refractivity contribution in [2.24, 2.45) is 0 Å². The summed E-state index contributed by atoms with van der Waals surface area (Å²) in [4.78, 5) is 24.8. The van der Waals surface area contributed by atoms with Crippen LogP contribution in [0.2, 0.25) is 0 Å². The number of nitrogens with zero attached hydrogens (tertiary/aromatic N) is 1. The minimum Gasteiger partial charge on any atom is -0.481 e. The van der Waals surface area contributed by atoms with Crippen molar-refractivity contribution in [2.75, 3.05) is 17.2 Å². The predicted molar refractivity (Wildman–Crippen MR) is 141 cm³/mol. The molecule has 3 aromatic rings. The number of carbonyl (C=O) groups is 2. The normalized spacial score (nSPS) is 10.9. The van der Waals surface area contributed by atoms with Gasteiger partial charge in [0.05, 0.1) is 8.95 Å². The molecule has 0 fully saturated rings. The summed E-state index contributed by atoms with van der Waals surface area (Å²) >= 11 is 6.87. The summed E-state index contributed by atoms with van der Waals surface area (Å²) in [5.41, 5.74) is 3.90. The van der Waals surface area contributed by atoms with Gasteiger partial charge >= 0.3 is 0 Å². The maximum Gasteiger partial charge on any atom is 0.266 e. The first-order valence-electron chi connectivity index (χ1n) is 10.2. The summed E-state index contributed by atoms with van der Waals surface area (Å²) in [6.45, 7) is 3.67. The van der Waals surface area contributed by atoms with Crippen LogP contribution < -0.4 is 15.4 Å². The number of carbonyl (C=O) groups excluding carboxylic acids is 2. The number of aryl methyl sites for hydroxylation is 2. The van der Waals surface area contributed by atoms with Crippen molar-refractivity contribution in [1.29, 1.82) is 5.26 Å². The summed E-state index contributed by atoms with van der Waals surface area (Å²) in [7, 11) is 0. The highest BCUT2D eigenvalue weighted by molar-refractivity contribution is 9.11. The van der Waals surface area contributed by atoms with Crippen molar-refractivity contribution in [2.45, 2.75) is 13.8 Å². The molecule has 172 valence electrons. The molecule has 3 rings (SSSR count). The Balaban J connectivity index is 1.69. The molecule has 0 saturated heterocycles. The zero-order valence-corrected chi connectivity index (χ0v) is 21.7. The van der Waals surface area contributed by atoms with Gasteiger partial charge in [0.1, 0.15) is 17.4 Å². The second-order valence-electron chi connectivity index (χ2n) is 7.46. The Morgan fingerprint density at radius 2 is 1.65 bits per heavy atom. The van der Waals surface area contributed by atoms with Crippen LogP contribution in [0.5, 0.6) is 5.75 Å². The minimum absolute atomic E-state index is 0.0503. The molecule has 0 aliphatic carbocycles.